The van der Waals surface area contributed by atoms with Gasteiger partial charge in [0.05, 0.1) is 6.10 Å². The van der Waals surface area contributed by atoms with Crippen LogP contribution in [0.3, 0.4) is 0 Å². The lowest BCUT2D eigenvalue weighted by Gasteiger charge is -2.34. The fourth-order valence-electron chi connectivity index (χ4n) is 3.27. The molecule has 4 nitrogen and oxygen atoms in total. The highest BCUT2D eigenvalue weighted by molar-refractivity contribution is 8.00. The van der Waals surface area contributed by atoms with Crippen LogP contribution in [-0.4, -0.2) is 43.2 Å². The molecule has 2 aromatic carbocycles. The normalized spacial score (nSPS) is 15.7. The van der Waals surface area contributed by atoms with Crippen LogP contribution in [0.4, 0.5) is 0 Å². The number of rotatable bonds is 8. The quantitative estimate of drug-likeness (QED) is 0.511. The molecule has 1 fully saturated rings. The highest BCUT2D eigenvalue weighted by Gasteiger charge is 2.30. The summed E-state index contributed by atoms with van der Waals surface area (Å²) in [5, 5.41) is -0.219. The van der Waals surface area contributed by atoms with Gasteiger partial charge in [0.1, 0.15) is 5.25 Å². The van der Waals surface area contributed by atoms with Gasteiger partial charge in [-0.3, -0.25) is 4.79 Å². The van der Waals surface area contributed by atoms with E-state index in [2.05, 4.69) is 12.1 Å². The summed E-state index contributed by atoms with van der Waals surface area (Å²) in [6.45, 7) is 2.88. The predicted molar refractivity (Wildman–Crippen MR) is 118 cm³/mol. The van der Waals surface area contributed by atoms with Gasteiger partial charge in [0.25, 0.3) is 0 Å². The lowest BCUT2D eigenvalue weighted by atomic mass is 10.1. The Kier molecular flexibility index (Phi) is 9.85. The number of hydrogen-bond acceptors (Lipinski definition) is 4. The molecule has 1 amide bonds. The molecule has 0 aromatic heterocycles. The number of nitrogens with two attached hydrogens (primary N) is 1. The fraction of sp³-hybridized carbons (Fsp3) is 0.409. The summed E-state index contributed by atoms with van der Waals surface area (Å²) in [6, 6.07) is 20.2. The van der Waals surface area contributed by atoms with Crippen LogP contribution < -0.4 is 5.73 Å². The van der Waals surface area contributed by atoms with Gasteiger partial charge in [-0.1, -0.05) is 48.5 Å². The Bertz CT molecular complexity index is 694. The van der Waals surface area contributed by atoms with Crippen LogP contribution in [0.25, 0.3) is 0 Å². The van der Waals surface area contributed by atoms with Crippen LogP contribution in [0, 0.1) is 0 Å². The molecule has 1 atom stereocenters. The number of hydrogen-bond donors (Lipinski definition) is 1. The molecule has 0 bridgehead atoms. The van der Waals surface area contributed by atoms with Crippen molar-refractivity contribution >= 4 is 30.1 Å². The molecule has 3 rings (SSSR count). The third-order valence-corrected chi connectivity index (χ3v) is 6.03. The molecular weight excluding hydrogens is 392 g/mol. The molecule has 1 aliphatic rings. The summed E-state index contributed by atoms with van der Waals surface area (Å²) in [6.07, 6.45) is 2.93. The maximum Gasteiger partial charge on any atom is 0.240 e. The smallest absolute Gasteiger partial charge is 0.240 e. The van der Waals surface area contributed by atoms with Gasteiger partial charge in [-0.25, -0.2) is 0 Å². The van der Waals surface area contributed by atoms with E-state index in [9.17, 15) is 4.79 Å². The molecule has 6 heteroatoms. The van der Waals surface area contributed by atoms with E-state index in [1.54, 1.807) is 11.8 Å². The first kappa shape index (κ1) is 22.8. The predicted octanol–water partition coefficient (Wildman–Crippen LogP) is 4.30. The van der Waals surface area contributed by atoms with Crippen LogP contribution in [0.1, 0.15) is 30.1 Å². The average molecular weight is 421 g/mol. The molecule has 2 N–H and O–H groups in total. The lowest BCUT2D eigenvalue weighted by molar-refractivity contribution is -0.133. The van der Waals surface area contributed by atoms with Gasteiger partial charge in [-0.05, 0) is 43.5 Å². The molecule has 2 aromatic rings. The monoisotopic (exact) mass is 420 g/mol. The molecule has 0 aliphatic carbocycles. The molecule has 1 aliphatic heterocycles. The number of benzene rings is 2. The summed E-state index contributed by atoms with van der Waals surface area (Å²) in [5.41, 5.74) is 6.58. The standard InChI is InChI=1S/C22H28N2O2S.ClH/c23-14-7-17-26-19-12-15-24(16-13-19)22(25)21(18-8-3-1-4-9-18)27-20-10-5-2-6-11-20;/h1-6,8-11,19,21H,7,12-17,23H2;1H. The Balaban J connectivity index is 0.00000280. The van der Waals surface area contributed by atoms with E-state index in [0.29, 0.717) is 13.2 Å². The van der Waals surface area contributed by atoms with Crippen LogP contribution in [-0.2, 0) is 9.53 Å². The van der Waals surface area contributed by atoms with Crippen molar-refractivity contribution in [1.29, 1.82) is 0 Å². The Morgan fingerprint density at radius 3 is 2.29 bits per heavy atom. The summed E-state index contributed by atoms with van der Waals surface area (Å²) in [5.74, 6) is 0.190. The van der Waals surface area contributed by atoms with Crippen LogP contribution in [0.2, 0.25) is 0 Å². The minimum atomic E-state index is -0.219. The largest absolute Gasteiger partial charge is 0.378 e. The number of carbonyl (C=O) groups excluding carboxylic acids is 1. The Labute approximate surface area is 178 Å². The van der Waals surface area contributed by atoms with Crippen molar-refractivity contribution < 1.29 is 9.53 Å². The average Bonchev–Trinajstić information content (AvgIpc) is 2.74. The highest BCUT2D eigenvalue weighted by Crippen LogP contribution is 2.37. The Morgan fingerprint density at radius 2 is 1.68 bits per heavy atom. The van der Waals surface area contributed by atoms with Crippen molar-refractivity contribution in [2.75, 3.05) is 26.2 Å². The molecule has 1 saturated heterocycles. The lowest BCUT2D eigenvalue weighted by Crippen LogP contribution is -2.42. The molecule has 0 spiro atoms. The first-order chi connectivity index (χ1) is 13.3. The molecule has 1 heterocycles. The van der Waals surface area contributed by atoms with E-state index in [0.717, 1.165) is 42.8 Å². The Morgan fingerprint density at radius 1 is 1.07 bits per heavy atom. The van der Waals surface area contributed by atoms with Crippen molar-refractivity contribution in [2.45, 2.75) is 35.5 Å². The second kappa shape index (κ2) is 12.1. The first-order valence-corrected chi connectivity index (χ1v) is 10.5. The number of amides is 1. The molecule has 28 heavy (non-hydrogen) atoms. The van der Waals surface area contributed by atoms with Gasteiger partial charge in [0.15, 0.2) is 0 Å². The summed E-state index contributed by atoms with van der Waals surface area (Å²) >= 11 is 1.62. The fourth-order valence-corrected chi connectivity index (χ4v) is 4.40. The van der Waals surface area contributed by atoms with E-state index in [4.69, 9.17) is 10.5 Å². The number of nitrogens with zero attached hydrogens (tertiary/aromatic N) is 1. The van der Waals surface area contributed by atoms with Crippen LogP contribution in [0.5, 0.6) is 0 Å². The maximum absolute atomic E-state index is 13.3. The van der Waals surface area contributed by atoms with E-state index in [-0.39, 0.29) is 29.7 Å². The number of likely N-dealkylation sites (tertiary alicyclic amines) is 1. The number of halogens is 1. The summed E-state index contributed by atoms with van der Waals surface area (Å²) in [7, 11) is 0. The highest BCUT2D eigenvalue weighted by atomic mass is 35.5. The number of thioether (sulfide) groups is 1. The van der Waals surface area contributed by atoms with Crippen molar-refractivity contribution in [3.63, 3.8) is 0 Å². The van der Waals surface area contributed by atoms with Crippen molar-refractivity contribution in [3.8, 4) is 0 Å². The van der Waals surface area contributed by atoms with E-state index in [1.807, 2.05) is 53.4 Å². The number of ether oxygens (including phenoxy) is 1. The third kappa shape index (κ3) is 6.52. The van der Waals surface area contributed by atoms with Crippen molar-refractivity contribution in [1.82, 2.24) is 4.90 Å². The first-order valence-electron chi connectivity index (χ1n) is 9.65. The second-order valence-electron chi connectivity index (χ2n) is 6.76. The molecule has 0 radical (unpaired) electrons. The van der Waals surface area contributed by atoms with Gasteiger partial charge in [-0.2, -0.15) is 0 Å². The molecule has 1 unspecified atom stereocenters. The van der Waals surface area contributed by atoms with Crippen molar-refractivity contribution in [3.05, 3.63) is 66.2 Å². The van der Waals surface area contributed by atoms with Crippen LogP contribution in [0.15, 0.2) is 65.6 Å². The van der Waals surface area contributed by atoms with Crippen LogP contribution >= 0.6 is 24.2 Å². The Hall–Kier alpha value is -1.53. The minimum absolute atomic E-state index is 0. The third-order valence-electron chi connectivity index (χ3n) is 4.78. The molecule has 0 saturated carbocycles. The van der Waals surface area contributed by atoms with Gasteiger partial charge in [-0.15, -0.1) is 24.2 Å². The zero-order valence-corrected chi connectivity index (χ0v) is 17.7. The zero-order valence-electron chi connectivity index (χ0n) is 16.0. The SMILES string of the molecule is Cl.NCCCOC1CCN(C(=O)C(Sc2ccccc2)c2ccccc2)CC1. The van der Waals surface area contributed by atoms with Gasteiger partial charge in [0, 0.05) is 24.6 Å². The van der Waals surface area contributed by atoms with Gasteiger partial charge >= 0.3 is 0 Å². The van der Waals surface area contributed by atoms with E-state index >= 15 is 0 Å². The summed E-state index contributed by atoms with van der Waals surface area (Å²) < 4.78 is 5.87. The maximum atomic E-state index is 13.3. The van der Waals surface area contributed by atoms with Gasteiger partial charge in [0.2, 0.25) is 5.91 Å². The van der Waals surface area contributed by atoms with Crippen molar-refractivity contribution in [2.24, 2.45) is 5.73 Å². The topological polar surface area (TPSA) is 55.6 Å². The van der Waals surface area contributed by atoms with Gasteiger partial charge < -0.3 is 15.4 Å². The molecule has 152 valence electrons. The van der Waals surface area contributed by atoms with E-state index < -0.39 is 0 Å². The summed E-state index contributed by atoms with van der Waals surface area (Å²) in [4.78, 5) is 16.4. The molecular formula is C22H29ClN2O2S. The van der Waals surface area contributed by atoms with E-state index in [1.165, 1.54) is 0 Å². The number of carbonyl (C=O) groups is 1. The number of piperidine rings is 1. The zero-order chi connectivity index (χ0) is 18.9. The second-order valence-corrected chi connectivity index (χ2v) is 7.94. The minimum Gasteiger partial charge on any atom is -0.378 e.